The van der Waals surface area contributed by atoms with Crippen LogP contribution in [0.2, 0.25) is 0 Å². The van der Waals surface area contributed by atoms with E-state index in [9.17, 15) is 0 Å². The maximum Gasteiger partial charge on any atom is 0.0642 e. The summed E-state index contributed by atoms with van der Waals surface area (Å²) in [6, 6.07) is 6.44. The molecule has 4 nitrogen and oxygen atoms in total. The lowest BCUT2D eigenvalue weighted by atomic mass is 10.1. The molecule has 3 rings (SSSR count). The molecule has 0 aromatic heterocycles. The minimum atomic E-state index is 0.823. The van der Waals surface area contributed by atoms with Gasteiger partial charge in [0.25, 0.3) is 0 Å². The van der Waals surface area contributed by atoms with E-state index < -0.39 is 0 Å². The topological polar surface area (TPSA) is 41.7 Å². The van der Waals surface area contributed by atoms with Crippen LogP contribution in [-0.2, 0) is 4.74 Å². The van der Waals surface area contributed by atoms with Crippen molar-refractivity contribution >= 4 is 17.1 Å². The van der Waals surface area contributed by atoms with Gasteiger partial charge in [0, 0.05) is 31.9 Å². The van der Waals surface area contributed by atoms with Crippen molar-refractivity contribution in [3.05, 3.63) is 18.2 Å². The minimum Gasteiger partial charge on any atom is -0.397 e. The van der Waals surface area contributed by atoms with Crippen molar-refractivity contribution in [1.29, 1.82) is 0 Å². The number of piperidine rings is 1. The summed E-state index contributed by atoms with van der Waals surface area (Å²) >= 11 is 0. The summed E-state index contributed by atoms with van der Waals surface area (Å²) in [5.74, 6) is 0. The number of anilines is 3. The summed E-state index contributed by atoms with van der Waals surface area (Å²) in [4.78, 5) is 4.82. The zero-order valence-corrected chi connectivity index (χ0v) is 11.5. The monoisotopic (exact) mass is 261 g/mol. The number of ether oxygens (including phenoxy) is 1. The molecular weight excluding hydrogens is 238 g/mol. The smallest absolute Gasteiger partial charge is 0.0642 e. The Morgan fingerprint density at radius 2 is 1.63 bits per heavy atom. The van der Waals surface area contributed by atoms with Crippen LogP contribution in [0.1, 0.15) is 19.3 Å². The normalized spacial score (nSPS) is 20.6. The second-order valence-corrected chi connectivity index (χ2v) is 5.39. The molecule has 0 saturated carbocycles. The third-order valence-electron chi connectivity index (χ3n) is 4.09. The van der Waals surface area contributed by atoms with E-state index in [4.69, 9.17) is 10.5 Å². The minimum absolute atomic E-state index is 0.823. The average Bonchev–Trinajstić information content (AvgIpc) is 2.49. The largest absolute Gasteiger partial charge is 0.397 e. The fourth-order valence-corrected chi connectivity index (χ4v) is 2.96. The van der Waals surface area contributed by atoms with Gasteiger partial charge in [-0.1, -0.05) is 0 Å². The molecule has 104 valence electrons. The molecule has 0 bridgehead atoms. The highest BCUT2D eigenvalue weighted by Crippen LogP contribution is 2.31. The number of hydrogen-bond donors (Lipinski definition) is 1. The lowest BCUT2D eigenvalue weighted by Crippen LogP contribution is -2.36. The number of hydrogen-bond acceptors (Lipinski definition) is 4. The van der Waals surface area contributed by atoms with Crippen LogP contribution < -0.4 is 15.5 Å². The number of morpholine rings is 1. The molecule has 4 heteroatoms. The third kappa shape index (κ3) is 2.78. The maximum absolute atomic E-state index is 6.16. The summed E-state index contributed by atoms with van der Waals surface area (Å²) in [7, 11) is 0. The van der Waals surface area contributed by atoms with Crippen LogP contribution in [0.4, 0.5) is 17.1 Å². The number of rotatable bonds is 2. The van der Waals surface area contributed by atoms with Gasteiger partial charge in [0.2, 0.25) is 0 Å². The van der Waals surface area contributed by atoms with Crippen LogP contribution in [-0.4, -0.2) is 39.4 Å². The lowest BCUT2D eigenvalue weighted by Gasteiger charge is -2.33. The predicted molar refractivity (Wildman–Crippen MR) is 80.0 cm³/mol. The van der Waals surface area contributed by atoms with Crippen LogP contribution >= 0.6 is 0 Å². The Morgan fingerprint density at radius 3 is 2.37 bits per heavy atom. The van der Waals surface area contributed by atoms with Crippen LogP contribution in [0, 0.1) is 0 Å². The van der Waals surface area contributed by atoms with Gasteiger partial charge >= 0.3 is 0 Å². The molecule has 0 unspecified atom stereocenters. The molecule has 0 aliphatic carbocycles. The predicted octanol–water partition coefficient (Wildman–Crippen LogP) is 2.10. The first kappa shape index (κ1) is 12.6. The molecule has 2 fully saturated rings. The van der Waals surface area contributed by atoms with Crippen molar-refractivity contribution < 1.29 is 4.74 Å². The van der Waals surface area contributed by atoms with Gasteiger partial charge in [-0.15, -0.1) is 0 Å². The highest BCUT2D eigenvalue weighted by molar-refractivity contribution is 5.73. The van der Waals surface area contributed by atoms with Gasteiger partial charge in [-0.2, -0.15) is 0 Å². The Labute approximate surface area is 115 Å². The highest BCUT2D eigenvalue weighted by Gasteiger charge is 2.17. The Morgan fingerprint density at radius 1 is 0.895 bits per heavy atom. The number of nitrogens with zero attached hydrogens (tertiary/aromatic N) is 2. The fraction of sp³-hybridized carbons (Fsp3) is 0.600. The molecule has 1 aromatic carbocycles. The molecule has 0 atom stereocenters. The fourth-order valence-electron chi connectivity index (χ4n) is 2.96. The summed E-state index contributed by atoms with van der Waals surface area (Å²) in [5.41, 5.74) is 9.55. The zero-order valence-electron chi connectivity index (χ0n) is 11.5. The summed E-state index contributed by atoms with van der Waals surface area (Å²) < 4.78 is 5.41. The summed E-state index contributed by atoms with van der Waals surface area (Å²) in [5, 5.41) is 0. The molecule has 0 spiro atoms. The molecule has 2 saturated heterocycles. The zero-order chi connectivity index (χ0) is 13.1. The van der Waals surface area contributed by atoms with Crippen LogP contribution in [0.25, 0.3) is 0 Å². The first-order valence-electron chi connectivity index (χ1n) is 7.32. The Kier molecular flexibility index (Phi) is 3.78. The van der Waals surface area contributed by atoms with Crippen molar-refractivity contribution in [3.63, 3.8) is 0 Å². The number of nitrogen functional groups attached to an aromatic ring is 1. The average molecular weight is 261 g/mol. The third-order valence-corrected chi connectivity index (χ3v) is 4.09. The van der Waals surface area contributed by atoms with E-state index in [0.29, 0.717) is 0 Å². The maximum atomic E-state index is 6.16. The summed E-state index contributed by atoms with van der Waals surface area (Å²) in [6.45, 7) is 5.87. The van der Waals surface area contributed by atoms with E-state index in [-0.39, 0.29) is 0 Å². The molecule has 1 aromatic rings. The van der Waals surface area contributed by atoms with Gasteiger partial charge in [0.1, 0.15) is 0 Å². The molecule has 2 heterocycles. The van der Waals surface area contributed by atoms with Crippen LogP contribution in [0.3, 0.4) is 0 Å². The van der Waals surface area contributed by atoms with E-state index in [1.54, 1.807) is 0 Å². The number of benzene rings is 1. The van der Waals surface area contributed by atoms with E-state index in [2.05, 4.69) is 28.0 Å². The standard InChI is InChI=1S/C15H23N3O/c16-14-5-4-13(17-8-10-19-11-9-17)12-15(14)18-6-2-1-3-7-18/h4-5,12H,1-3,6-11,16H2. The lowest BCUT2D eigenvalue weighted by molar-refractivity contribution is 0.122. The second kappa shape index (κ2) is 5.70. The van der Waals surface area contributed by atoms with Gasteiger partial charge in [-0.25, -0.2) is 0 Å². The van der Waals surface area contributed by atoms with Gasteiger partial charge in [0.05, 0.1) is 24.6 Å². The van der Waals surface area contributed by atoms with Gasteiger partial charge in [0.15, 0.2) is 0 Å². The van der Waals surface area contributed by atoms with Gasteiger partial charge in [-0.05, 0) is 37.5 Å². The van der Waals surface area contributed by atoms with E-state index in [1.165, 1.54) is 30.6 Å². The second-order valence-electron chi connectivity index (χ2n) is 5.39. The Bertz CT molecular complexity index is 423. The van der Waals surface area contributed by atoms with E-state index in [0.717, 1.165) is 45.1 Å². The van der Waals surface area contributed by atoms with Crippen molar-refractivity contribution in [3.8, 4) is 0 Å². The van der Waals surface area contributed by atoms with Gasteiger partial charge < -0.3 is 20.3 Å². The Balaban J connectivity index is 1.82. The van der Waals surface area contributed by atoms with Crippen molar-refractivity contribution in [1.82, 2.24) is 0 Å². The molecule has 0 radical (unpaired) electrons. The van der Waals surface area contributed by atoms with Crippen LogP contribution in [0.15, 0.2) is 18.2 Å². The van der Waals surface area contributed by atoms with Crippen molar-refractivity contribution in [2.24, 2.45) is 0 Å². The first-order chi connectivity index (χ1) is 9.34. The Hall–Kier alpha value is -1.42. The first-order valence-corrected chi connectivity index (χ1v) is 7.32. The molecule has 0 amide bonds. The van der Waals surface area contributed by atoms with E-state index in [1.807, 2.05) is 0 Å². The molecular formula is C15H23N3O. The molecule has 2 aliphatic heterocycles. The SMILES string of the molecule is Nc1ccc(N2CCOCC2)cc1N1CCCCC1. The van der Waals surface area contributed by atoms with Gasteiger partial charge in [-0.3, -0.25) is 0 Å². The van der Waals surface area contributed by atoms with E-state index >= 15 is 0 Å². The highest BCUT2D eigenvalue weighted by atomic mass is 16.5. The van der Waals surface area contributed by atoms with Crippen molar-refractivity contribution in [2.45, 2.75) is 19.3 Å². The van der Waals surface area contributed by atoms with Crippen LogP contribution in [0.5, 0.6) is 0 Å². The quantitative estimate of drug-likeness (QED) is 0.828. The molecule has 2 aliphatic rings. The molecule has 19 heavy (non-hydrogen) atoms. The molecule has 2 N–H and O–H groups in total. The number of nitrogens with two attached hydrogens (primary N) is 1. The summed E-state index contributed by atoms with van der Waals surface area (Å²) in [6.07, 6.45) is 3.90. The van der Waals surface area contributed by atoms with Crippen molar-refractivity contribution in [2.75, 3.05) is 54.9 Å².